The Kier molecular flexibility index (Phi) is 5.55. The van der Waals surface area contributed by atoms with Gasteiger partial charge in [-0.3, -0.25) is 14.0 Å². The third-order valence-electron chi connectivity index (χ3n) is 6.22. The molecule has 1 aromatic heterocycles. The summed E-state index contributed by atoms with van der Waals surface area (Å²) in [7, 11) is 0. The number of hydrogen-bond acceptors (Lipinski definition) is 4. The van der Waals surface area contributed by atoms with Crippen molar-refractivity contribution in [2.45, 2.75) is 64.3 Å². The van der Waals surface area contributed by atoms with Crippen LogP contribution < -0.4 is 5.69 Å². The van der Waals surface area contributed by atoms with Crippen LogP contribution >= 0.6 is 0 Å². The van der Waals surface area contributed by atoms with Crippen LogP contribution in [-0.2, 0) is 17.8 Å². The molecule has 152 valence electrons. The van der Waals surface area contributed by atoms with Crippen molar-refractivity contribution in [2.24, 2.45) is 0 Å². The van der Waals surface area contributed by atoms with Gasteiger partial charge in [-0.2, -0.15) is 0 Å². The maximum Gasteiger partial charge on any atom is 0.335 e. The Morgan fingerprint density at radius 2 is 1.96 bits per heavy atom. The van der Waals surface area contributed by atoms with Crippen molar-refractivity contribution >= 4 is 17.0 Å². The number of hydrogen-bond donors (Lipinski definition) is 1. The largest absolute Gasteiger partial charge is 0.478 e. The number of nitrogens with zero attached hydrogens (tertiary/aromatic N) is 3. The molecule has 0 bridgehead atoms. The fourth-order valence-corrected chi connectivity index (χ4v) is 4.69. The number of rotatable bonds is 6. The first-order valence-electron chi connectivity index (χ1n) is 10.4. The number of likely N-dealkylation sites (N-methyl/N-ethyl adjacent to an activating group) is 1. The highest BCUT2D eigenvalue weighted by Gasteiger charge is 2.26. The Balaban J connectivity index is 1.74. The second kappa shape index (κ2) is 8.09. The first kappa shape index (κ1) is 19.2. The topological polar surface area (TPSA) is 76.7 Å². The van der Waals surface area contributed by atoms with Gasteiger partial charge in [0.05, 0.1) is 29.2 Å². The number of carboxylic acids is 1. The predicted octanol–water partition coefficient (Wildman–Crippen LogP) is 2.55. The van der Waals surface area contributed by atoms with E-state index in [4.69, 9.17) is 4.74 Å². The second-order valence-corrected chi connectivity index (χ2v) is 7.93. The summed E-state index contributed by atoms with van der Waals surface area (Å²) in [5.41, 5.74) is 1.66. The van der Waals surface area contributed by atoms with Crippen molar-refractivity contribution in [2.75, 3.05) is 19.7 Å². The number of carboxylic acid groups (broad SMARTS) is 1. The number of likely N-dealkylation sites (tertiary alicyclic amines) is 1. The summed E-state index contributed by atoms with van der Waals surface area (Å²) in [6.07, 6.45) is 5.36. The number of carbonyl (C=O) groups is 1. The van der Waals surface area contributed by atoms with Crippen LogP contribution in [0, 0.1) is 0 Å². The summed E-state index contributed by atoms with van der Waals surface area (Å²) in [6.45, 7) is 6.07. The van der Waals surface area contributed by atoms with Crippen molar-refractivity contribution < 1.29 is 14.6 Å². The van der Waals surface area contributed by atoms with Gasteiger partial charge in [-0.15, -0.1) is 0 Å². The van der Waals surface area contributed by atoms with Crippen LogP contribution in [0.15, 0.2) is 23.0 Å². The SMILES string of the molecule is CCN1CCC[C@@H]1Cn1c(=O)n(C[C@@H]2CCCCO2)c2cc(C(=O)O)ccc21. The Bertz CT molecular complexity index is 910. The molecule has 0 spiro atoms. The smallest absolute Gasteiger partial charge is 0.335 e. The van der Waals surface area contributed by atoms with Crippen LogP contribution in [0.25, 0.3) is 11.0 Å². The fraction of sp³-hybridized carbons (Fsp3) is 0.619. The molecular formula is C21H29N3O4. The van der Waals surface area contributed by atoms with Crippen LogP contribution in [0.2, 0.25) is 0 Å². The van der Waals surface area contributed by atoms with Crippen LogP contribution in [0.3, 0.4) is 0 Å². The molecular weight excluding hydrogens is 358 g/mol. The van der Waals surface area contributed by atoms with E-state index in [0.717, 1.165) is 57.3 Å². The molecule has 0 radical (unpaired) electrons. The molecule has 28 heavy (non-hydrogen) atoms. The zero-order chi connectivity index (χ0) is 19.7. The molecule has 2 aromatic rings. The minimum atomic E-state index is -0.976. The number of ether oxygens (including phenoxy) is 1. The Hall–Kier alpha value is -2.12. The number of imidazole rings is 1. The van der Waals surface area contributed by atoms with E-state index in [0.29, 0.717) is 24.6 Å². The van der Waals surface area contributed by atoms with E-state index in [2.05, 4.69) is 11.8 Å². The van der Waals surface area contributed by atoms with E-state index >= 15 is 0 Å². The van der Waals surface area contributed by atoms with Gasteiger partial charge in [-0.1, -0.05) is 6.92 Å². The fourth-order valence-electron chi connectivity index (χ4n) is 4.69. The Labute approximate surface area is 164 Å². The average molecular weight is 387 g/mol. The van der Waals surface area contributed by atoms with E-state index in [9.17, 15) is 14.7 Å². The molecule has 2 aliphatic heterocycles. The van der Waals surface area contributed by atoms with Gasteiger partial charge in [0.15, 0.2) is 0 Å². The van der Waals surface area contributed by atoms with Crippen molar-refractivity contribution in [1.82, 2.24) is 14.0 Å². The molecule has 7 heteroatoms. The van der Waals surface area contributed by atoms with Gasteiger partial charge in [-0.05, 0) is 63.4 Å². The molecule has 0 saturated carbocycles. The van der Waals surface area contributed by atoms with Gasteiger partial charge in [0.2, 0.25) is 0 Å². The standard InChI is InChI=1S/C21H29N3O4/c1-2-22-10-5-6-16(22)13-23-18-9-8-15(20(25)26)12-19(18)24(21(23)27)14-17-7-3-4-11-28-17/h8-9,12,16-17H,2-7,10-11,13-14H2,1H3,(H,25,26)/t16-,17+/m1/s1. The van der Waals surface area contributed by atoms with Gasteiger partial charge in [0, 0.05) is 19.2 Å². The van der Waals surface area contributed by atoms with Crippen LogP contribution in [-0.4, -0.2) is 57.0 Å². The summed E-state index contributed by atoms with van der Waals surface area (Å²) in [4.78, 5) is 27.2. The number of fused-ring (bicyclic) bond motifs is 1. The lowest BCUT2D eigenvalue weighted by atomic mass is 10.1. The predicted molar refractivity (Wildman–Crippen MR) is 107 cm³/mol. The van der Waals surface area contributed by atoms with Crippen molar-refractivity contribution in [3.63, 3.8) is 0 Å². The quantitative estimate of drug-likeness (QED) is 0.824. The third kappa shape index (κ3) is 3.61. The van der Waals surface area contributed by atoms with Crippen LogP contribution in [0.5, 0.6) is 0 Å². The molecule has 3 heterocycles. The molecule has 2 saturated heterocycles. The van der Waals surface area contributed by atoms with E-state index in [-0.39, 0.29) is 17.4 Å². The molecule has 2 aliphatic rings. The van der Waals surface area contributed by atoms with Crippen molar-refractivity contribution in [3.05, 3.63) is 34.2 Å². The number of aromatic carboxylic acids is 1. The van der Waals surface area contributed by atoms with Crippen LogP contribution in [0.4, 0.5) is 0 Å². The minimum Gasteiger partial charge on any atom is -0.478 e. The van der Waals surface area contributed by atoms with E-state index in [1.807, 2.05) is 4.57 Å². The maximum atomic E-state index is 13.3. The Morgan fingerprint density at radius 3 is 2.68 bits per heavy atom. The summed E-state index contributed by atoms with van der Waals surface area (Å²) in [6, 6.07) is 5.36. The number of benzene rings is 1. The first-order chi connectivity index (χ1) is 13.6. The highest BCUT2D eigenvalue weighted by atomic mass is 16.5. The zero-order valence-electron chi connectivity index (χ0n) is 16.5. The lowest BCUT2D eigenvalue weighted by molar-refractivity contribution is 0.00599. The molecule has 0 unspecified atom stereocenters. The van der Waals surface area contributed by atoms with Crippen molar-refractivity contribution in [3.8, 4) is 0 Å². The van der Waals surface area contributed by atoms with Gasteiger partial charge >= 0.3 is 11.7 Å². The summed E-state index contributed by atoms with van der Waals surface area (Å²) >= 11 is 0. The molecule has 2 atom stereocenters. The molecule has 2 fully saturated rings. The molecule has 1 aromatic carbocycles. The van der Waals surface area contributed by atoms with Crippen molar-refractivity contribution in [1.29, 1.82) is 0 Å². The zero-order valence-corrected chi connectivity index (χ0v) is 16.5. The average Bonchev–Trinajstić information content (AvgIpc) is 3.26. The lowest BCUT2D eigenvalue weighted by Crippen LogP contribution is -2.37. The van der Waals surface area contributed by atoms with E-state index in [1.165, 1.54) is 0 Å². The van der Waals surface area contributed by atoms with Crippen LogP contribution in [0.1, 0.15) is 49.4 Å². The molecule has 1 N–H and O–H groups in total. The molecule has 0 aliphatic carbocycles. The monoisotopic (exact) mass is 387 g/mol. The summed E-state index contributed by atoms with van der Waals surface area (Å²) < 4.78 is 9.41. The second-order valence-electron chi connectivity index (χ2n) is 7.93. The van der Waals surface area contributed by atoms with E-state index < -0.39 is 5.97 Å². The minimum absolute atomic E-state index is 0.0117. The number of aromatic nitrogens is 2. The summed E-state index contributed by atoms with van der Waals surface area (Å²) in [5, 5.41) is 9.40. The third-order valence-corrected chi connectivity index (χ3v) is 6.22. The first-order valence-corrected chi connectivity index (χ1v) is 10.4. The highest BCUT2D eigenvalue weighted by molar-refractivity contribution is 5.92. The van der Waals surface area contributed by atoms with Gasteiger partial charge < -0.3 is 9.84 Å². The van der Waals surface area contributed by atoms with Gasteiger partial charge in [-0.25, -0.2) is 9.59 Å². The molecule has 4 rings (SSSR count). The maximum absolute atomic E-state index is 13.3. The summed E-state index contributed by atoms with van der Waals surface area (Å²) in [5.74, 6) is -0.976. The van der Waals surface area contributed by atoms with Gasteiger partial charge in [0.1, 0.15) is 0 Å². The normalized spacial score (nSPS) is 23.5. The molecule has 7 nitrogen and oxygen atoms in total. The highest BCUT2D eigenvalue weighted by Crippen LogP contribution is 2.23. The van der Waals surface area contributed by atoms with Gasteiger partial charge in [0.25, 0.3) is 0 Å². The Morgan fingerprint density at radius 1 is 1.14 bits per heavy atom. The molecule has 0 amide bonds. The lowest BCUT2D eigenvalue weighted by Gasteiger charge is -2.23. The van der Waals surface area contributed by atoms with E-state index in [1.54, 1.807) is 22.8 Å².